The normalized spacial score (nSPS) is 15.1. The van der Waals surface area contributed by atoms with Gasteiger partial charge >= 0.3 is 0 Å². The van der Waals surface area contributed by atoms with Gasteiger partial charge in [-0.05, 0) is 6.42 Å². The lowest BCUT2D eigenvalue weighted by molar-refractivity contribution is 0.122. The molecule has 2 heterocycles. The van der Waals surface area contributed by atoms with Gasteiger partial charge in [0.2, 0.25) is 11.9 Å². The van der Waals surface area contributed by atoms with Crippen molar-refractivity contribution in [1.82, 2.24) is 15.0 Å². The SMILES string of the molecule is CCCc1nc(NC)nc(N2CCOCC2)n1.Cl. The molecule has 18 heavy (non-hydrogen) atoms. The van der Waals surface area contributed by atoms with Crippen LogP contribution in [0.2, 0.25) is 0 Å². The Balaban J connectivity index is 0.00000162. The number of ether oxygens (including phenoxy) is 1. The largest absolute Gasteiger partial charge is 0.378 e. The molecule has 0 radical (unpaired) electrons. The lowest BCUT2D eigenvalue weighted by Gasteiger charge is -2.27. The quantitative estimate of drug-likeness (QED) is 0.887. The molecule has 0 amide bonds. The zero-order valence-corrected chi connectivity index (χ0v) is 11.7. The number of aromatic nitrogens is 3. The van der Waals surface area contributed by atoms with Crippen LogP contribution >= 0.6 is 12.4 Å². The third kappa shape index (κ3) is 3.68. The van der Waals surface area contributed by atoms with Crippen molar-refractivity contribution >= 4 is 24.3 Å². The number of aryl methyl sites for hydroxylation is 1. The Morgan fingerprint density at radius 3 is 2.56 bits per heavy atom. The Kier molecular flexibility index (Phi) is 6.07. The molecular weight excluding hydrogens is 254 g/mol. The van der Waals surface area contributed by atoms with Crippen LogP contribution in [0, 0.1) is 0 Å². The van der Waals surface area contributed by atoms with Crippen molar-refractivity contribution in [3.8, 4) is 0 Å². The number of nitrogens with zero attached hydrogens (tertiary/aromatic N) is 4. The number of nitrogens with one attached hydrogen (secondary N) is 1. The van der Waals surface area contributed by atoms with Crippen molar-refractivity contribution < 1.29 is 4.74 Å². The Labute approximate surface area is 114 Å². The second-order valence-electron chi connectivity index (χ2n) is 3.97. The maximum absolute atomic E-state index is 5.33. The Bertz CT molecular complexity index is 370. The summed E-state index contributed by atoms with van der Waals surface area (Å²) in [5.74, 6) is 2.26. The number of rotatable bonds is 4. The Morgan fingerprint density at radius 1 is 1.22 bits per heavy atom. The van der Waals surface area contributed by atoms with Crippen LogP contribution in [0.15, 0.2) is 0 Å². The summed E-state index contributed by atoms with van der Waals surface area (Å²) < 4.78 is 5.33. The molecule has 0 aliphatic carbocycles. The van der Waals surface area contributed by atoms with Gasteiger partial charge in [0.15, 0.2) is 0 Å². The first kappa shape index (κ1) is 14.9. The molecule has 1 aromatic heterocycles. The predicted molar refractivity (Wildman–Crippen MR) is 73.6 cm³/mol. The van der Waals surface area contributed by atoms with Crippen molar-refractivity contribution in [1.29, 1.82) is 0 Å². The smallest absolute Gasteiger partial charge is 0.230 e. The van der Waals surface area contributed by atoms with E-state index in [0.717, 1.165) is 50.9 Å². The first-order chi connectivity index (χ1) is 8.33. The third-order valence-electron chi connectivity index (χ3n) is 2.66. The number of morpholine rings is 1. The van der Waals surface area contributed by atoms with Crippen molar-refractivity contribution in [2.45, 2.75) is 19.8 Å². The van der Waals surface area contributed by atoms with Gasteiger partial charge in [0.25, 0.3) is 0 Å². The van der Waals surface area contributed by atoms with Crippen LogP contribution in [0.3, 0.4) is 0 Å². The lowest BCUT2D eigenvalue weighted by Crippen LogP contribution is -2.37. The highest BCUT2D eigenvalue weighted by molar-refractivity contribution is 5.85. The molecule has 0 saturated carbocycles. The summed E-state index contributed by atoms with van der Waals surface area (Å²) in [4.78, 5) is 15.4. The van der Waals surface area contributed by atoms with Crippen LogP contribution in [0.4, 0.5) is 11.9 Å². The fourth-order valence-electron chi connectivity index (χ4n) is 1.76. The van der Waals surface area contributed by atoms with E-state index in [-0.39, 0.29) is 12.4 Å². The van der Waals surface area contributed by atoms with Gasteiger partial charge in [-0.2, -0.15) is 15.0 Å². The van der Waals surface area contributed by atoms with Gasteiger partial charge < -0.3 is 15.0 Å². The minimum atomic E-state index is 0. The predicted octanol–water partition coefficient (Wildman–Crippen LogP) is 1.12. The van der Waals surface area contributed by atoms with Crippen molar-refractivity contribution in [2.24, 2.45) is 0 Å². The molecule has 1 aromatic rings. The van der Waals surface area contributed by atoms with Crippen LogP contribution in [0.5, 0.6) is 0 Å². The van der Waals surface area contributed by atoms with Crippen LogP contribution in [-0.2, 0) is 11.2 Å². The van der Waals surface area contributed by atoms with E-state index in [1.54, 1.807) is 0 Å². The van der Waals surface area contributed by atoms with Crippen molar-refractivity contribution in [3.63, 3.8) is 0 Å². The Hall–Kier alpha value is -1.14. The van der Waals surface area contributed by atoms with Crippen LogP contribution < -0.4 is 10.2 Å². The first-order valence-corrected chi connectivity index (χ1v) is 6.09. The van der Waals surface area contributed by atoms with Gasteiger partial charge in [-0.25, -0.2) is 0 Å². The molecule has 0 atom stereocenters. The van der Waals surface area contributed by atoms with E-state index in [1.807, 2.05) is 7.05 Å². The standard InChI is InChI=1S/C11H19N5O.ClH/c1-3-4-9-13-10(12-2)15-11(14-9)16-5-7-17-8-6-16;/h3-8H2,1-2H3,(H,12,13,14,15);1H. The molecule has 0 aromatic carbocycles. The second kappa shape index (κ2) is 7.33. The fourth-order valence-corrected chi connectivity index (χ4v) is 1.76. The fraction of sp³-hybridized carbons (Fsp3) is 0.727. The van der Waals surface area contributed by atoms with E-state index in [4.69, 9.17) is 4.74 Å². The summed E-state index contributed by atoms with van der Waals surface area (Å²) in [6.07, 6.45) is 1.92. The van der Waals surface area contributed by atoms with Gasteiger partial charge in [0.05, 0.1) is 13.2 Å². The molecular formula is C11H20ClN5O. The van der Waals surface area contributed by atoms with Gasteiger partial charge in [0.1, 0.15) is 5.82 Å². The van der Waals surface area contributed by atoms with E-state index in [1.165, 1.54) is 0 Å². The molecule has 0 bridgehead atoms. The number of halogens is 1. The molecule has 1 aliphatic rings. The van der Waals surface area contributed by atoms with E-state index >= 15 is 0 Å². The molecule has 1 fully saturated rings. The number of anilines is 2. The summed E-state index contributed by atoms with van der Waals surface area (Å²) in [5.41, 5.74) is 0. The second-order valence-corrected chi connectivity index (χ2v) is 3.97. The first-order valence-electron chi connectivity index (χ1n) is 6.09. The molecule has 0 unspecified atom stereocenters. The monoisotopic (exact) mass is 273 g/mol. The van der Waals surface area contributed by atoms with Gasteiger partial charge in [-0.1, -0.05) is 6.92 Å². The summed E-state index contributed by atoms with van der Waals surface area (Å²) in [5, 5.41) is 2.99. The highest BCUT2D eigenvalue weighted by Crippen LogP contribution is 2.13. The van der Waals surface area contributed by atoms with E-state index < -0.39 is 0 Å². The Morgan fingerprint density at radius 2 is 1.94 bits per heavy atom. The molecule has 1 saturated heterocycles. The molecule has 2 rings (SSSR count). The summed E-state index contributed by atoms with van der Waals surface area (Å²) in [6, 6.07) is 0. The molecule has 102 valence electrons. The van der Waals surface area contributed by atoms with E-state index in [2.05, 4.69) is 32.1 Å². The van der Waals surface area contributed by atoms with Crippen molar-refractivity contribution in [3.05, 3.63) is 5.82 Å². The molecule has 7 heteroatoms. The number of hydrogen-bond donors (Lipinski definition) is 1. The highest BCUT2D eigenvalue weighted by Gasteiger charge is 2.15. The minimum Gasteiger partial charge on any atom is -0.378 e. The van der Waals surface area contributed by atoms with Crippen molar-refractivity contribution in [2.75, 3.05) is 43.6 Å². The van der Waals surface area contributed by atoms with Crippen LogP contribution in [0.1, 0.15) is 19.2 Å². The highest BCUT2D eigenvalue weighted by atomic mass is 35.5. The van der Waals surface area contributed by atoms with Gasteiger partial charge in [-0.3, -0.25) is 0 Å². The maximum atomic E-state index is 5.33. The molecule has 6 nitrogen and oxygen atoms in total. The zero-order valence-electron chi connectivity index (χ0n) is 10.8. The molecule has 1 N–H and O–H groups in total. The summed E-state index contributed by atoms with van der Waals surface area (Å²) in [6.45, 7) is 5.29. The molecule has 0 spiro atoms. The third-order valence-corrected chi connectivity index (χ3v) is 2.66. The maximum Gasteiger partial charge on any atom is 0.230 e. The lowest BCUT2D eigenvalue weighted by atomic mass is 10.3. The average Bonchev–Trinajstić information content (AvgIpc) is 2.40. The summed E-state index contributed by atoms with van der Waals surface area (Å²) >= 11 is 0. The van der Waals surface area contributed by atoms with E-state index in [0.29, 0.717) is 5.95 Å². The minimum absolute atomic E-state index is 0. The van der Waals surface area contributed by atoms with Crippen LogP contribution in [-0.4, -0.2) is 48.3 Å². The van der Waals surface area contributed by atoms with Gasteiger partial charge in [0, 0.05) is 26.6 Å². The number of hydrogen-bond acceptors (Lipinski definition) is 6. The topological polar surface area (TPSA) is 63.2 Å². The zero-order chi connectivity index (χ0) is 12.1. The van der Waals surface area contributed by atoms with Gasteiger partial charge in [-0.15, -0.1) is 12.4 Å². The average molecular weight is 274 g/mol. The van der Waals surface area contributed by atoms with E-state index in [9.17, 15) is 0 Å². The van der Waals surface area contributed by atoms with Crippen LogP contribution in [0.25, 0.3) is 0 Å². The molecule has 1 aliphatic heterocycles. The summed E-state index contributed by atoms with van der Waals surface area (Å²) in [7, 11) is 1.83.